The quantitative estimate of drug-likeness (QED) is 0.462. The van der Waals surface area contributed by atoms with Crippen molar-refractivity contribution in [2.75, 3.05) is 0 Å². The molecule has 0 amide bonds. The monoisotopic (exact) mass is 165 g/mol. The van der Waals surface area contributed by atoms with Crippen LogP contribution in [-0.2, 0) is 0 Å². The molecule has 7 heteroatoms. The van der Waals surface area contributed by atoms with Crippen molar-refractivity contribution < 1.29 is 4.92 Å². The van der Waals surface area contributed by atoms with Gasteiger partial charge in [-0.2, -0.15) is 0 Å². The highest BCUT2D eigenvalue weighted by Crippen LogP contribution is 2.20. The van der Waals surface area contributed by atoms with Crippen LogP contribution < -0.4 is 0 Å². The van der Waals surface area contributed by atoms with Crippen LogP contribution in [-0.4, -0.2) is 15.1 Å². The fraction of sp³-hybridized carbons (Fsp3) is 0. The summed E-state index contributed by atoms with van der Waals surface area (Å²) in [4.78, 5) is 9.23. The topological polar surface area (TPSA) is 68.9 Å². The van der Waals surface area contributed by atoms with Crippen LogP contribution in [0.25, 0.3) is 0 Å². The summed E-state index contributed by atoms with van der Waals surface area (Å²) in [5, 5.41) is 16.0. The third kappa shape index (κ3) is 1.33. The summed E-state index contributed by atoms with van der Waals surface area (Å²) in [7, 11) is 0. The number of halogens is 1. The standard InChI is InChI=1S/C2ClN3O2S/c3-1-4-5-2(9-1)6(7)8. The van der Waals surface area contributed by atoms with Crippen molar-refractivity contribution in [1.82, 2.24) is 10.2 Å². The van der Waals surface area contributed by atoms with Gasteiger partial charge in [-0.1, -0.05) is 0 Å². The molecular weight excluding hydrogens is 166 g/mol. The number of aromatic nitrogens is 2. The Labute approximate surface area is 58.4 Å². The molecule has 0 saturated carbocycles. The first-order chi connectivity index (χ1) is 4.20. The van der Waals surface area contributed by atoms with Gasteiger partial charge in [0.15, 0.2) is 0 Å². The lowest BCUT2D eigenvalue weighted by Crippen LogP contribution is -1.84. The second-order valence-corrected chi connectivity index (χ2v) is 2.63. The fourth-order valence-electron chi connectivity index (χ4n) is 0.272. The van der Waals surface area contributed by atoms with Crippen LogP contribution >= 0.6 is 22.9 Å². The lowest BCUT2D eigenvalue weighted by atomic mass is 11.3. The Morgan fingerprint density at radius 2 is 2.33 bits per heavy atom. The van der Waals surface area contributed by atoms with Gasteiger partial charge in [0, 0.05) is 0 Å². The Bertz CT molecular complexity index is 235. The zero-order valence-electron chi connectivity index (χ0n) is 3.94. The van der Waals surface area contributed by atoms with E-state index in [0.29, 0.717) is 0 Å². The summed E-state index contributed by atoms with van der Waals surface area (Å²) >= 11 is 5.98. The molecule has 0 atom stereocenters. The van der Waals surface area contributed by atoms with Crippen molar-refractivity contribution >= 4 is 28.1 Å². The van der Waals surface area contributed by atoms with E-state index in [2.05, 4.69) is 10.2 Å². The molecule has 1 aromatic rings. The molecule has 0 aliphatic rings. The minimum Gasteiger partial charge on any atom is -0.357 e. The van der Waals surface area contributed by atoms with E-state index < -0.39 is 4.92 Å². The van der Waals surface area contributed by atoms with Crippen molar-refractivity contribution in [2.45, 2.75) is 0 Å². The van der Waals surface area contributed by atoms with Gasteiger partial charge in [0.2, 0.25) is 4.47 Å². The second kappa shape index (κ2) is 2.24. The summed E-state index contributed by atoms with van der Waals surface area (Å²) in [6.07, 6.45) is 0. The summed E-state index contributed by atoms with van der Waals surface area (Å²) in [5.74, 6) is 0. The molecule has 1 heterocycles. The number of rotatable bonds is 1. The summed E-state index contributed by atoms with van der Waals surface area (Å²) in [6, 6.07) is 0. The second-order valence-electron chi connectivity index (χ2n) is 1.09. The van der Waals surface area contributed by atoms with Crippen LogP contribution in [0, 0.1) is 10.1 Å². The largest absolute Gasteiger partial charge is 0.451 e. The molecule has 48 valence electrons. The molecule has 0 saturated heterocycles. The minimum absolute atomic E-state index is 0.0849. The molecule has 0 N–H and O–H groups in total. The smallest absolute Gasteiger partial charge is 0.357 e. The third-order valence-corrected chi connectivity index (χ3v) is 1.52. The Balaban J connectivity index is 2.98. The predicted octanol–water partition coefficient (Wildman–Crippen LogP) is 1.10. The first-order valence-electron chi connectivity index (χ1n) is 1.83. The molecular formula is C2ClN3O2S. The average Bonchev–Trinajstić information content (AvgIpc) is 2.14. The normalized spacial score (nSPS) is 9.44. The summed E-state index contributed by atoms with van der Waals surface area (Å²) < 4.78 is 0.0849. The maximum atomic E-state index is 9.87. The SMILES string of the molecule is O=[N+]([O-])c1nnc(Cl)s1. The van der Waals surface area contributed by atoms with Crippen LogP contribution in [0.3, 0.4) is 0 Å². The van der Waals surface area contributed by atoms with E-state index in [-0.39, 0.29) is 9.60 Å². The number of hydrogen-bond acceptors (Lipinski definition) is 5. The van der Waals surface area contributed by atoms with Gasteiger partial charge in [-0.15, -0.1) is 0 Å². The molecule has 9 heavy (non-hydrogen) atoms. The van der Waals surface area contributed by atoms with Crippen LogP contribution in [0.2, 0.25) is 4.47 Å². The molecule has 0 unspecified atom stereocenters. The maximum Gasteiger partial charge on any atom is 0.451 e. The van der Waals surface area contributed by atoms with E-state index >= 15 is 0 Å². The van der Waals surface area contributed by atoms with E-state index in [0.717, 1.165) is 11.3 Å². The van der Waals surface area contributed by atoms with Gasteiger partial charge in [0.25, 0.3) is 0 Å². The average molecular weight is 166 g/mol. The molecule has 1 aromatic heterocycles. The molecule has 0 aliphatic heterocycles. The van der Waals surface area contributed by atoms with Gasteiger partial charge in [0.1, 0.15) is 0 Å². The highest BCUT2D eigenvalue weighted by Gasteiger charge is 2.12. The minimum atomic E-state index is -0.635. The zero-order chi connectivity index (χ0) is 6.85. The number of hydrogen-bond donors (Lipinski definition) is 0. The molecule has 0 fully saturated rings. The molecule has 5 nitrogen and oxygen atoms in total. The third-order valence-electron chi connectivity index (χ3n) is 0.546. The van der Waals surface area contributed by atoms with Crippen LogP contribution in [0.1, 0.15) is 0 Å². The molecule has 1 rings (SSSR count). The first-order valence-corrected chi connectivity index (χ1v) is 3.03. The van der Waals surface area contributed by atoms with Gasteiger partial charge < -0.3 is 10.1 Å². The fourth-order valence-corrected chi connectivity index (χ4v) is 0.905. The van der Waals surface area contributed by atoms with Gasteiger partial charge in [-0.25, -0.2) is 0 Å². The molecule has 0 radical (unpaired) electrons. The Morgan fingerprint density at radius 3 is 2.56 bits per heavy atom. The maximum absolute atomic E-state index is 9.87. The first kappa shape index (κ1) is 6.37. The summed E-state index contributed by atoms with van der Waals surface area (Å²) in [6.45, 7) is 0. The summed E-state index contributed by atoms with van der Waals surface area (Å²) in [5.41, 5.74) is 0. The molecule has 0 aromatic carbocycles. The number of nitro groups is 1. The Hall–Kier alpha value is -0.750. The van der Waals surface area contributed by atoms with Crippen molar-refractivity contribution in [2.24, 2.45) is 0 Å². The van der Waals surface area contributed by atoms with Crippen LogP contribution in [0.4, 0.5) is 5.13 Å². The van der Waals surface area contributed by atoms with E-state index in [4.69, 9.17) is 11.6 Å². The lowest BCUT2D eigenvalue weighted by Gasteiger charge is -1.79. The molecule has 0 bridgehead atoms. The molecule has 0 aliphatic carbocycles. The van der Waals surface area contributed by atoms with E-state index in [9.17, 15) is 10.1 Å². The van der Waals surface area contributed by atoms with Crippen molar-refractivity contribution in [3.63, 3.8) is 0 Å². The highest BCUT2D eigenvalue weighted by molar-refractivity contribution is 7.18. The van der Waals surface area contributed by atoms with Gasteiger partial charge in [-0.05, 0) is 33.0 Å². The Kier molecular flexibility index (Phi) is 1.58. The van der Waals surface area contributed by atoms with Gasteiger partial charge in [-0.3, -0.25) is 0 Å². The van der Waals surface area contributed by atoms with E-state index in [1.807, 2.05) is 0 Å². The van der Waals surface area contributed by atoms with E-state index in [1.165, 1.54) is 0 Å². The zero-order valence-corrected chi connectivity index (χ0v) is 5.52. The van der Waals surface area contributed by atoms with Crippen molar-refractivity contribution in [1.29, 1.82) is 0 Å². The van der Waals surface area contributed by atoms with Gasteiger partial charge in [0.05, 0.1) is 5.10 Å². The van der Waals surface area contributed by atoms with Crippen molar-refractivity contribution in [3.05, 3.63) is 14.6 Å². The molecule has 0 spiro atoms. The van der Waals surface area contributed by atoms with E-state index in [1.54, 1.807) is 0 Å². The highest BCUT2D eigenvalue weighted by atomic mass is 35.5. The van der Waals surface area contributed by atoms with Crippen LogP contribution in [0.5, 0.6) is 0 Å². The Morgan fingerprint density at radius 1 is 1.67 bits per heavy atom. The van der Waals surface area contributed by atoms with Crippen molar-refractivity contribution in [3.8, 4) is 0 Å². The predicted molar refractivity (Wildman–Crippen MR) is 31.6 cm³/mol. The van der Waals surface area contributed by atoms with Crippen LogP contribution in [0.15, 0.2) is 0 Å². The lowest BCUT2D eigenvalue weighted by molar-refractivity contribution is -0.385. The number of nitrogens with zero attached hydrogens (tertiary/aromatic N) is 3. The van der Waals surface area contributed by atoms with Gasteiger partial charge >= 0.3 is 5.13 Å².